The smallest absolute Gasteiger partial charge is 0.227 e. The molecule has 1 aromatic rings. The maximum Gasteiger partial charge on any atom is 0.227 e. The van der Waals surface area contributed by atoms with E-state index in [0.29, 0.717) is 54.7 Å². The predicted molar refractivity (Wildman–Crippen MR) is 111 cm³/mol. The summed E-state index contributed by atoms with van der Waals surface area (Å²) in [6, 6.07) is 4.86. The molecule has 2 N–H and O–H groups in total. The molecule has 3 aliphatic rings. The van der Waals surface area contributed by atoms with Gasteiger partial charge in [-0.25, -0.2) is 12.8 Å². The van der Waals surface area contributed by atoms with Crippen LogP contribution in [0.1, 0.15) is 37.7 Å². The average molecular weight is 438 g/mol. The Balaban J connectivity index is 1.36. The quantitative estimate of drug-likeness (QED) is 0.722. The second-order valence-electron chi connectivity index (χ2n) is 8.80. The number of halogens is 1. The van der Waals surface area contributed by atoms with Gasteiger partial charge in [0.1, 0.15) is 5.82 Å². The number of rotatable bonds is 5. The van der Waals surface area contributed by atoms with Crippen molar-refractivity contribution < 1.29 is 22.4 Å². The Bertz CT molecular complexity index is 932. The van der Waals surface area contributed by atoms with E-state index in [1.807, 2.05) is 11.0 Å². The van der Waals surface area contributed by atoms with Gasteiger partial charge < -0.3 is 15.5 Å². The second kappa shape index (κ2) is 8.17. The third kappa shape index (κ3) is 4.45. The van der Waals surface area contributed by atoms with E-state index < -0.39 is 15.8 Å². The van der Waals surface area contributed by atoms with E-state index >= 15 is 0 Å². The number of nitrogens with zero attached hydrogens (tertiary/aromatic N) is 1. The summed E-state index contributed by atoms with van der Waals surface area (Å²) in [7, 11) is -2.81. The van der Waals surface area contributed by atoms with E-state index in [1.54, 1.807) is 6.07 Å². The zero-order valence-corrected chi connectivity index (χ0v) is 17.9. The molecule has 0 bridgehead atoms. The first kappa shape index (κ1) is 21.1. The molecule has 0 aliphatic carbocycles. The number of hydrogen-bond donors (Lipinski definition) is 2. The molecule has 2 atom stereocenters. The normalized spacial score (nSPS) is 26.9. The van der Waals surface area contributed by atoms with Gasteiger partial charge in [0.15, 0.2) is 9.84 Å². The zero-order valence-electron chi connectivity index (χ0n) is 17.1. The topological polar surface area (TPSA) is 95.6 Å². The van der Waals surface area contributed by atoms with Crippen LogP contribution in [0.5, 0.6) is 0 Å². The number of amides is 2. The molecule has 7 nitrogen and oxygen atoms in total. The van der Waals surface area contributed by atoms with Crippen LogP contribution < -0.4 is 15.5 Å². The number of anilines is 1. The van der Waals surface area contributed by atoms with E-state index in [9.17, 15) is 22.4 Å². The van der Waals surface area contributed by atoms with Crippen molar-refractivity contribution in [3.05, 3.63) is 29.6 Å². The lowest BCUT2D eigenvalue weighted by atomic mass is 9.85. The van der Waals surface area contributed by atoms with Crippen molar-refractivity contribution in [2.45, 2.75) is 38.1 Å². The van der Waals surface area contributed by atoms with Crippen LogP contribution in [0.2, 0.25) is 0 Å². The first-order valence-electron chi connectivity index (χ1n) is 10.5. The monoisotopic (exact) mass is 437 g/mol. The fourth-order valence-electron chi connectivity index (χ4n) is 4.92. The molecule has 30 heavy (non-hydrogen) atoms. The number of piperidine rings is 1. The third-order valence-electron chi connectivity index (χ3n) is 6.64. The fraction of sp³-hybridized carbons (Fsp3) is 0.619. The summed E-state index contributed by atoms with van der Waals surface area (Å²) in [6.45, 7) is 3.22. The summed E-state index contributed by atoms with van der Waals surface area (Å²) in [4.78, 5) is 25.4. The molecule has 0 spiro atoms. The number of nitrogens with one attached hydrogen (secondary N) is 2. The van der Waals surface area contributed by atoms with Gasteiger partial charge in [0, 0.05) is 32.6 Å². The average Bonchev–Trinajstić information content (AvgIpc) is 3.05. The molecule has 9 heteroatoms. The summed E-state index contributed by atoms with van der Waals surface area (Å²) < 4.78 is 37.7. The number of hydrogen-bond acceptors (Lipinski definition) is 5. The first-order valence-corrected chi connectivity index (χ1v) is 12.3. The standard InChI is InChI=1S/C21H28FN3O4S/c1-13(26)23-10-17-9-18(21(27)24-17)15-2-3-20(19(22)8-15)25-6-4-14(5-7-25)16-11-30(28,29)12-16/h2-3,8,14,16-18H,4-7,9-12H2,1H3,(H,23,26)(H,24,27)/t17?,18-/m0/s1. The molecule has 2 amide bonds. The molecule has 164 valence electrons. The Morgan fingerprint density at radius 3 is 2.53 bits per heavy atom. The zero-order chi connectivity index (χ0) is 21.5. The second-order valence-corrected chi connectivity index (χ2v) is 11.0. The Hall–Kier alpha value is -2.16. The van der Waals surface area contributed by atoms with Crippen molar-refractivity contribution in [2.24, 2.45) is 11.8 Å². The maximum absolute atomic E-state index is 14.9. The molecule has 3 heterocycles. The summed E-state index contributed by atoms with van der Waals surface area (Å²) in [6.07, 6.45) is 2.27. The summed E-state index contributed by atoms with van der Waals surface area (Å²) in [5.41, 5.74) is 1.18. The lowest BCUT2D eigenvalue weighted by Gasteiger charge is -2.40. The van der Waals surface area contributed by atoms with E-state index in [0.717, 1.165) is 12.8 Å². The minimum Gasteiger partial charge on any atom is -0.369 e. The molecule has 1 unspecified atom stereocenters. The molecule has 3 aliphatic heterocycles. The molecule has 0 saturated carbocycles. The Morgan fingerprint density at radius 2 is 1.93 bits per heavy atom. The highest BCUT2D eigenvalue weighted by Gasteiger charge is 2.40. The molecule has 3 saturated heterocycles. The van der Waals surface area contributed by atoms with Crippen LogP contribution in [-0.2, 0) is 19.4 Å². The number of sulfone groups is 1. The van der Waals surface area contributed by atoms with Gasteiger partial charge in [-0.1, -0.05) is 6.07 Å². The van der Waals surface area contributed by atoms with E-state index in [-0.39, 0.29) is 29.6 Å². The van der Waals surface area contributed by atoms with Crippen molar-refractivity contribution in [1.29, 1.82) is 0 Å². The Labute approximate surface area is 176 Å². The minimum atomic E-state index is -2.81. The van der Waals surface area contributed by atoms with Gasteiger partial charge in [-0.05, 0) is 48.8 Å². The maximum atomic E-state index is 14.9. The van der Waals surface area contributed by atoms with Gasteiger partial charge in [0.25, 0.3) is 0 Å². The summed E-state index contributed by atoms with van der Waals surface area (Å²) in [5, 5.41) is 5.56. The Morgan fingerprint density at radius 1 is 1.23 bits per heavy atom. The van der Waals surface area contributed by atoms with Gasteiger partial charge in [0.2, 0.25) is 11.8 Å². The van der Waals surface area contributed by atoms with Crippen LogP contribution in [0.25, 0.3) is 0 Å². The van der Waals surface area contributed by atoms with Crippen LogP contribution in [0.3, 0.4) is 0 Å². The van der Waals surface area contributed by atoms with Crippen molar-refractivity contribution in [1.82, 2.24) is 10.6 Å². The number of carbonyl (C=O) groups excluding carboxylic acids is 2. The summed E-state index contributed by atoms with van der Waals surface area (Å²) >= 11 is 0. The molecule has 0 aromatic heterocycles. The summed E-state index contributed by atoms with van der Waals surface area (Å²) in [5.74, 6) is 0.208. The molecular weight excluding hydrogens is 409 g/mol. The van der Waals surface area contributed by atoms with Gasteiger partial charge in [-0.15, -0.1) is 0 Å². The molecular formula is C21H28FN3O4S. The first-order chi connectivity index (χ1) is 14.2. The van der Waals surface area contributed by atoms with Crippen LogP contribution in [-0.4, -0.2) is 57.4 Å². The van der Waals surface area contributed by atoms with E-state index in [4.69, 9.17) is 0 Å². The van der Waals surface area contributed by atoms with Crippen molar-refractivity contribution in [3.8, 4) is 0 Å². The highest BCUT2D eigenvalue weighted by molar-refractivity contribution is 7.92. The van der Waals surface area contributed by atoms with Crippen molar-refractivity contribution in [3.63, 3.8) is 0 Å². The van der Waals surface area contributed by atoms with Gasteiger partial charge in [-0.3, -0.25) is 9.59 Å². The lowest BCUT2D eigenvalue weighted by molar-refractivity contribution is -0.121. The molecule has 4 rings (SSSR count). The number of carbonyl (C=O) groups is 2. The SMILES string of the molecule is CC(=O)NCC1C[C@@H](c2ccc(N3CCC(C4CS(=O)(=O)C4)CC3)c(F)c2)C(=O)N1. The molecule has 3 fully saturated rings. The van der Waals surface area contributed by atoms with Crippen molar-refractivity contribution in [2.75, 3.05) is 36.0 Å². The van der Waals surface area contributed by atoms with Gasteiger partial charge in [-0.2, -0.15) is 0 Å². The molecule has 0 radical (unpaired) electrons. The van der Waals surface area contributed by atoms with Gasteiger partial charge >= 0.3 is 0 Å². The van der Waals surface area contributed by atoms with Crippen LogP contribution >= 0.6 is 0 Å². The predicted octanol–water partition coefficient (Wildman–Crippen LogP) is 1.19. The van der Waals surface area contributed by atoms with Crippen molar-refractivity contribution >= 4 is 27.3 Å². The third-order valence-corrected chi connectivity index (χ3v) is 8.51. The van der Waals surface area contributed by atoms with Crippen LogP contribution in [0.4, 0.5) is 10.1 Å². The van der Waals surface area contributed by atoms with Crippen LogP contribution in [0.15, 0.2) is 18.2 Å². The minimum absolute atomic E-state index is 0.145. The van der Waals surface area contributed by atoms with Crippen LogP contribution in [0, 0.1) is 17.7 Å². The van der Waals surface area contributed by atoms with Gasteiger partial charge in [0.05, 0.1) is 23.1 Å². The largest absolute Gasteiger partial charge is 0.369 e. The Kier molecular flexibility index (Phi) is 5.74. The highest BCUT2D eigenvalue weighted by Crippen LogP contribution is 2.36. The van der Waals surface area contributed by atoms with E-state index in [2.05, 4.69) is 10.6 Å². The fourth-order valence-corrected chi connectivity index (χ4v) is 6.68. The molecule has 1 aromatic carbocycles. The number of benzene rings is 1. The highest BCUT2D eigenvalue weighted by atomic mass is 32.2. The van der Waals surface area contributed by atoms with E-state index in [1.165, 1.54) is 13.0 Å². The lowest BCUT2D eigenvalue weighted by Crippen LogP contribution is -2.45.